The van der Waals surface area contributed by atoms with Crippen LogP contribution in [-0.4, -0.2) is 5.16 Å². The summed E-state index contributed by atoms with van der Waals surface area (Å²) in [4.78, 5) is 3.07. The molecule has 0 spiro atoms. The quantitative estimate of drug-likeness (QED) is 0.922. The molecule has 0 bridgehead atoms. The fourth-order valence-electron chi connectivity index (χ4n) is 2.84. The highest BCUT2D eigenvalue weighted by molar-refractivity contribution is 7.12. The lowest BCUT2D eigenvalue weighted by molar-refractivity contribution is 0.391. The maximum Gasteiger partial charge on any atom is 0.138 e. The Balaban J connectivity index is 1.67. The van der Waals surface area contributed by atoms with Crippen molar-refractivity contribution in [2.24, 2.45) is 0 Å². The number of nitrogens with zero attached hydrogens (tertiary/aromatic N) is 1. The SMILES string of the molecule is Cc1noc(C)c1CNC(C)c1cc2c(s1)CCCC2. The molecule has 0 saturated heterocycles. The lowest BCUT2D eigenvalue weighted by Gasteiger charge is -2.11. The van der Waals surface area contributed by atoms with E-state index in [9.17, 15) is 0 Å². The van der Waals surface area contributed by atoms with E-state index in [4.69, 9.17) is 4.52 Å². The minimum Gasteiger partial charge on any atom is -0.361 e. The van der Waals surface area contributed by atoms with Crippen LogP contribution in [0.3, 0.4) is 0 Å². The molecular weight excluding hydrogens is 268 g/mol. The highest BCUT2D eigenvalue weighted by atomic mass is 32.1. The molecule has 1 atom stereocenters. The summed E-state index contributed by atoms with van der Waals surface area (Å²) in [7, 11) is 0. The summed E-state index contributed by atoms with van der Waals surface area (Å²) in [5.41, 5.74) is 3.77. The van der Waals surface area contributed by atoms with Crippen molar-refractivity contribution in [2.45, 2.75) is 59.0 Å². The van der Waals surface area contributed by atoms with Crippen molar-refractivity contribution in [3.63, 3.8) is 0 Å². The first kappa shape index (κ1) is 13.8. The molecule has 0 aromatic carbocycles. The molecule has 1 unspecified atom stereocenters. The highest BCUT2D eigenvalue weighted by Crippen LogP contribution is 2.32. The smallest absolute Gasteiger partial charge is 0.138 e. The predicted octanol–water partition coefficient (Wildman–Crippen LogP) is 4.08. The van der Waals surface area contributed by atoms with Crippen LogP contribution in [0.2, 0.25) is 0 Å². The molecule has 0 aliphatic heterocycles. The van der Waals surface area contributed by atoms with Crippen molar-refractivity contribution in [3.05, 3.63) is 38.4 Å². The molecule has 108 valence electrons. The molecule has 0 saturated carbocycles. The molecule has 1 N–H and O–H groups in total. The molecule has 2 aromatic heterocycles. The van der Waals surface area contributed by atoms with Gasteiger partial charge in [0.15, 0.2) is 0 Å². The third-order valence-corrected chi connectivity index (χ3v) is 5.63. The standard InChI is InChI=1S/C16H22N2OS/c1-10-14(12(3)19-18-10)9-17-11(2)16-8-13-6-4-5-7-15(13)20-16/h8,11,17H,4-7,9H2,1-3H3. The van der Waals surface area contributed by atoms with E-state index in [1.165, 1.54) is 36.1 Å². The van der Waals surface area contributed by atoms with Crippen LogP contribution in [0.25, 0.3) is 0 Å². The fourth-order valence-corrected chi connectivity index (χ4v) is 4.12. The molecule has 0 amide bonds. The summed E-state index contributed by atoms with van der Waals surface area (Å²) in [6.45, 7) is 7.05. The Hall–Kier alpha value is -1.13. The molecule has 2 aromatic rings. The van der Waals surface area contributed by atoms with Crippen LogP contribution < -0.4 is 5.32 Å². The molecular formula is C16H22N2OS. The molecule has 1 aliphatic carbocycles. The molecule has 4 heteroatoms. The van der Waals surface area contributed by atoms with Crippen LogP contribution in [0.15, 0.2) is 10.6 Å². The van der Waals surface area contributed by atoms with E-state index < -0.39 is 0 Å². The van der Waals surface area contributed by atoms with Gasteiger partial charge < -0.3 is 9.84 Å². The van der Waals surface area contributed by atoms with Gasteiger partial charge in [-0.25, -0.2) is 0 Å². The van der Waals surface area contributed by atoms with Gasteiger partial charge in [-0.2, -0.15) is 0 Å². The Kier molecular flexibility index (Phi) is 3.94. The van der Waals surface area contributed by atoms with Crippen molar-refractivity contribution in [3.8, 4) is 0 Å². The van der Waals surface area contributed by atoms with E-state index in [2.05, 4.69) is 23.5 Å². The maximum atomic E-state index is 5.21. The maximum absolute atomic E-state index is 5.21. The molecule has 0 fully saturated rings. The molecule has 2 heterocycles. The van der Waals surface area contributed by atoms with Crippen LogP contribution in [0.1, 0.15) is 58.1 Å². The predicted molar refractivity (Wildman–Crippen MR) is 82.2 cm³/mol. The Bertz CT molecular complexity index is 557. The van der Waals surface area contributed by atoms with E-state index in [0.29, 0.717) is 6.04 Å². The van der Waals surface area contributed by atoms with Gasteiger partial charge in [0.2, 0.25) is 0 Å². The molecule has 1 aliphatic rings. The van der Waals surface area contributed by atoms with Gasteiger partial charge >= 0.3 is 0 Å². The summed E-state index contributed by atoms with van der Waals surface area (Å²) >= 11 is 1.99. The first-order valence-electron chi connectivity index (χ1n) is 7.41. The fraction of sp³-hybridized carbons (Fsp3) is 0.562. The number of nitrogens with one attached hydrogen (secondary N) is 1. The highest BCUT2D eigenvalue weighted by Gasteiger charge is 2.17. The first-order chi connectivity index (χ1) is 9.65. The van der Waals surface area contributed by atoms with Crippen molar-refractivity contribution in [1.29, 1.82) is 0 Å². The van der Waals surface area contributed by atoms with E-state index in [0.717, 1.165) is 18.0 Å². The van der Waals surface area contributed by atoms with Crippen LogP contribution in [-0.2, 0) is 19.4 Å². The second-order valence-electron chi connectivity index (χ2n) is 5.71. The number of aryl methyl sites for hydroxylation is 4. The Morgan fingerprint density at radius 2 is 2.15 bits per heavy atom. The summed E-state index contributed by atoms with van der Waals surface area (Å²) in [5.74, 6) is 0.924. The average Bonchev–Trinajstić information content (AvgIpc) is 3.01. The lowest BCUT2D eigenvalue weighted by atomic mass is 9.99. The van der Waals surface area contributed by atoms with Crippen molar-refractivity contribution < 1.29 is 4.52 Å². The zero-order chi connectivity index (χ0) is 14.1. The third kappa shape index (κ3) is 2.67. The van der Waals surface area contributed by atoms with Gasteiger partial charge in [0.1, 0.15) is 5.76 Å². The zero-order valence-corrected chi connectivity index (χ0v) is 13.3. The minimum atomic E-state index is 0.388. The monoisotopic (exact) mass is 290 g/mol. The van der Waals surface area contributed by atoms with E-state index in [-0.39, 0.29) is 0 Å². The van der Waals surface area contributed by atoms with Crippen molar-refractivity contribution in [2.75, 3.05) is 0 Å². The molecule has 3 nitrogen and oxygen atoms in total. The number of aromatic nitrogens is 1. The van der Waals surface area contributed by atoms with Crippen molar-refractivity contribution in [1.82, 2.24) is 10.5 Å². The van der Waals surface area contributed by atoms with Crippen LogP contribution >= 0.6 is 11.3 Å². The largest absolute Gasteiger partial charge is 0.361 e. The first-order valence-corrected chi connectivity index (χ1v) is 8.23. The number of hydrogen-bond acceptors (Lipinski definition) is 4. The summed E-state index contributed by atoms with van der Waals surface area (Å²) in [5, 5.41) is 7.61. The second-order valence-corrected chi connectivity index (χ2v) is 6.88. The second kappa shape index (κ2) is 5.70. The topological polar surface area (TPSA) is 38.1 Å². The minimum absolute atomic E-state index is 0.388. The van der Waals surface area contributed by atoms with Crippen LogP contribution in [0.5, 0.6) is 0 Å². The number of rotatable bonds is 4. The Morgan fingerprint density at radius 3 is 2.85 bits per heavy atom. The molecule has 20 heavy (non-hydrogen) atoms. The lowest BCUT2D eigenvalue weighted by Crippen LogP contribution is -2.17. The van der Waals surface area contributed by atoms with E-state index in [1.54, 1.807) is 10.4 Å². The van der Waals surface area contributed by atoms with Gasteiger partial charge in [0.05, 0.1) is 5.69 Å². The van der Waals surface area contributed by atoms with Gasteiger partial charge in [-0.05, 0) is 58.1 Å². The molecule has 0 radical (unpaired) electrons. The van der Waals surface area contributed by atoms with Gasteiger partial charge in [-0.1, -0.05) is 5.16 Å². The van der Waals surface area contributed by atoms with Gasteiger partial charge in [-0.3, -0.25) is 0 Å². The Morgan fingerprint density at radius 1 is 1.35 bits per heavy atom. The van der Waals surface area contributed by atoms with Gasteiger partial charge in [0.25, 0.3) is 0 Å². The third-order valence-electron chi connectivity index (χ3n) is 4.21. The van der Waals surface area contributed by atoms with Crippen molar-refractivity contribution >= 4 is 11.3 Å². The zero-order valence-electron chi connectivity index (χ0n) is 12.5. The van der Waals surface area contributed by atoms with Gasteiger partial charge in [-0.15, -0.1) is 11.3 Å². The average molecular weight is 290 g/mol. The molecule has 3 rings (SSSR count). The Labute approximate surface area is 124 Å². The van der Waals surface area contributed by atoms with E-state index >= 15 is 0 Å². The van der Waals surface area contributed by atoms with Gasteiger partial charge in [0, 0.05) is 27.9 Å². The summed E-state index contributed by atoms with van der Waals surface area (Å²) in [6.07, 6.45) is 5.25. The van der Waals surface area contributed by atoms with Crippen LogP contribution in [0.4, 0.5) is 0 Å². The number of hydrogen-bond donors (Lipinski definition) is 1. The number of fused-ring (bicyclic) bond motifs is 1. The normalized spacial score (nSPS) is 16.1. The number of thiophene rings is 1. The summed E-state index contributed by atoms with van der Waals surface area (Å²) in [6, 6.07) is 2.80. The van der Waals surface area contributed by atoms with E-state index in [1.807, 2.05) is 25.2 Å². The van der Waals surface area contributed by atoms with Crippen LogP contribution in [0, 0.1) is 13.8 Å². The summed E-state index contributed by atoms with van der Waals surface area (Å²) < 4.78 is 5.21.